The van der Waals surface area contributed by atoms with Crippen LogP contribution in [0.15, 0.2) is 91.0 Å². The zero-order valence-corrected chi connectivity index (χ0v) is 46.3. The molecule has 1 aromatic heterocycles. The molecule has 3 heteroatoms. The molecule has 0 unspecified atom stereocenters. The van der Waals surface area contributed by atoms with Gasteiger partial charge in [-0.3, -0.25) is 0 Å². The van der Waals surface area contributed by atoms with Gasteiger partial charge in [0.05, 0.1) is 11.0 Å². The maximum absolute atomic E-state index is 2.89. The SMILES string of the molecule is CC1(C)CCC(C)(C)c2cc(N3B4c5cc6c(cc5-n5c7cc8c(cc7c7c(-c9ccccc9)cc(c4c75)-c4cc5c(cc43)C(C)(C)CCC5(C)C)C(C)(C)CCC8(C)C)C(C)(C)CCC6(C)C)ccc21. The molecule has 3 heterocycles. The molecule has 0 amide bonds. The van der Waals surface area contributed by atoms with Crippen molar-refractivity contribution in [3.63, 3.8) is 0 Å². The van der Waals surface area contributed by atoms with Crippen LogP contribution in [-0.4, -0.2) is 11.4 Å². The summed E-state index contributed by atoms with van der Waals surface area (Å²) in [5, 5.41) is 2.81. The third kappa shape index (κ3) is 6.20. The van der Waals surface area contributed by atoms with Gasteiger partial charge in [0, 0.05) is 33.4 Å². The van der Waals surface area contributed by atoms with Crippen molar-refractivity contribution in [3.8, 4) is 27.9 Å². The Morgan fingerprint density at radius 3 is 1.38 bits per heavy atom. The molecule has 4 aliphatic carbocycles. The zero-order chi connectivity index (χ0) is 50.1. The number of anilines is 2. The fraction of sp³-hybridized carbons (Fsp3) is 0.471. The summed E-state index contributed by atoms with van der Waals surface area (Å²) < 4.78 is 2.82. The van der Waals surface area contributed by atoms with Crippen molar-refractivity contribution in [2.75, 3.05) is 4.81 Å². The molecule has 364 valence electrons. The van der Waals surface area contributed by atoms with E-state index in [1.807, 2.05) is 0 Å². The van der Waals surface area contributed by atoms with Gasteiger partial charge in [0.25, 0.3) is 0 Å². The Kier molecular flexibility index (Phi) is 9.02. The second kappa shape index (κ2) is 14.0. The molecule has 0 saturated heterocycles. The lowest BCUT2D eigenvalue weighted by Crippen LogP contribution is -2.61. The first-order valence-corrected chi connectivity index (χ1v) is 27.7. The Morgan fingerprint density at radius 2 is 0.831 bits per heavy atom. The maximum atomic E-state index is 2.89. The number of rotatable bonds is 2. The van der Waals surface area contributed by atoms with Gasteiger partial charge in [0.15, 0.2) is 0 Å². The number of fused-ring (bicyclic) bond motifs is 12. The van der Waals surface area contributed by atoms with E-state index in [0.717, 1.165) is 0 Å². The first kappa shape index (κ1) is 45.8. The Labute approximate surface area is 427 Å². The first-order chi connectivity index (χ1) is 33.1. The molecule has 2 nitrogen and oxygen atoms in total. The van der Waals surface area contributed by atoms with Crippen molar-refractivity contribution < 1.29 is 0 Å². The fourth-order valence-electron chi connectivity index (χ4n) is 15.5. The van der Waals surface area contributed by atoms with Gasteiger partial charge in [-0.05, 0) is 215 Å². The molecule has 7 aromatic rings. The van der Waals surface area contributed by atoms with E-state index in [4.69, 9.17) is 0 Å². The molecule has 0 saturated carbocycles. The van der Waals surface area contributed by atoms with E-state index in [2.05, 4.69) is 211 Å². The molecule has 71 heavy (non-hydrogen) atoms. The molecule has 6 aromatic carbocycles. The van der Waals surface area contributed by atoms with Gasteiger partial charge in [-0.2, -0.15) is 0 Å². The van der Waals surface area contributed by atoms with Crippen LogP contribution in [-0.2, 0) is 43.3 Å². The van der Waals surface area contributed by atoms with Crippen LogP contribution in [0.4, 0.5) is 11.4 Å². The van der Waals surface area contributed by atoms with E-state index >= 15 is 0 Å². The van der Waals surface area contributed by atoms with Gasteiger partial charge in [0.1, 0.15) is 0 Å². The predicted molar refractivity (Wildman–Crippen MR) is 306 cm³/mol. The highest BCUT2D eigenvalue weighted by Gasteiger charge is 2.50. The van der Waals surface area contributed by atoms with Gasteiger partial charge >= 0.3 is 6.85 Å². The topological polar surface area (TPSA) is 8.17 Å². The van der Waals surface area contributed by atoms with Gasteiger partial charge in [-0.25, -0.2) is 0 Å². The Bertz CT molecular complexity index is 3490. The maximum Gasteiger partial charge on any atom is 0.333 e. The van der Waals surface area contributed by atoms with Gasteiger partial charge in [-0.1, -0.05) is 153 Å². The van der Waals surface area contributed by atoms with E-state index in [1.54, 1.807) is 5.56 Å². The van der Waals surface area contributed by atoms with Crippen LogP contribution in [0.2, 0.25) is 0 Å². The second-order valence-corrected chi connectivity index (χ2v) is 29.2. The quantitative estimate of drug-likeness (QED) is 0.157. The summed E-state index contributed by atoms with van der Waals surface area (Å²) in [6.07, 6.45) is 9.53. The summed E-state index contributed by atoms with van der Waals surface area (Å²) in [4.78, 5) is 2.89. The lowest BCUT2D eigenvalue weighted by molar-refractivity contribution is 0.332. The summed E-state index contributed by atoms with van der Waals surface area (Å²) in [6.45, 7) is 40.1. The predicted octanol–water partition coefficient (Wildman–Crippen LogP) is 17.1. The van der Waals surface area contributed by atoms with E-state index in [9.17, 15) is 0 Å². The number of nitrogens with zero attached hydrogens (tertiary/aromatic N) is 2. The van der Waals surface area contributed by atoms with Crippen LogP contribution < -0.4 is 15.7 Å². The monoisotopic (exact) mass is 935 g/mol. The molecule has 6 aliphatic rings. The molecule has 0 spiro atoms. The third-order valence-corrected chi connectivity index (χ3v) is 20.8. The molecule has 13 rings (SSSR count). The van der Waals surface area contributed by atoms with Crippen LogP contribution in [0.1, 0.15) is 207 Å². The molecule has 0 N–H and O–H groups in total. The number of hydrogen-bond donors (Lipinski definition) is 0. The minimum absolute atomic E-state index is 0.0409. The summed E-state index contributed by atoms with van der Waals surface area (Å²) in [6, 6.07) is 38.2. The highest BCUT2D eigenvalue weighted by Crippen LogP contribution is 2.57. The molecule has 0 radical (unpaired) electrons. The first-order valence-electron chi connectivity index (χ1n) is 27.7. The molecule has 0 atom stereocenters. The lowest BCUT2D eigenvalue weighted by atomic mass is 9.43. The summed E-state index contributed by atoms with van der Waals surface area (Å²) in [5.74, 6) is 0. The number of hydrogen-bond acceptors (Lipinski definition) is 1. The molecule has 0 fully saturated rings. The Balaban J connectivity index is 1.26. The van der Waals surface area contributed by atoms with Crippen molar-refractivity contribution in [1.82, 2.24) is 4.57 Å². The van der Waals surface area contributed by atoms with Crippen LogP contribution in [0, 0.1) is 0 Å². The number of benzene rings is 6. The van der Waals surface area contributed by atoms with Crippen molar-refractivity contribution in [3.05, 3.63) is 136 Å². The molecule has 0 bridgehead atoms. The van der Waals surface area contributed by atoms with Gasteiger partial charge < -0.3 is 9.38 Å². The summed E-state index contributed by atoms with van der Waals surface area (Å²) >= 11 is 0. The van der Waals surface area contributed by atoms with E-state index < -0.39 is 0 Å². The molecular weight excluding hydrogens is 856 g/mol. The van der Waals surface area contributed by atoms with Crippen molar-refractivity contribution in [1.29, 1.82) is 0 Å². The van der Waals surface area contributed by atoms with Gasteiger partial charge in [0.2, 0.25) is 0 Å². The summed E-state index contributed by atoms with van der Waals surface area (Å²) in [7, 11) is 0. The number of aromatic nitrogens is 1. The Hall–Kier alpha value is -5.02. The third-order valence-electron chi connectivity index (χ3n) is 20.8. The highest BCUT2D eigenvalue weighted by atomic mass is 15.1. The van der Waals surface area contributed by atoms with Crippen LogP contribution >= 0.6 is 0 Å². The normalized spacial score (nSPS) is 22.5. The Morgan fingerprint density at radius 1 is 0.380 bits per heavy atom. The highest BCUT2D eigenvalue weighted by molar-refractivity contribution is 6.93. The van der Waals surface area contributed by atoms with Crippen LogP contribution in [0.3, 0.4) is 0 Å². The minimum Gasteiger partial charge on any atom is -0.376 e. The van der Waals surface area contributed by atoms with Crippen molar-refractivity contribution >= 4 is 51.0 Å². The smallest absolute Gasteiger partial charge is 0.333 e. The minimum atomic E-state index is -0.0409. The lowest BCUT2D eigenvalue weighted by Gasteiger charge is -2.48. The second-order valence-electron chi connectivity index (χ2n) is 29.2. The molecule has 2 aliphatic heterocycles. The average molecular weight is 935 g/mol. The van der Waals surface area contributed by atoms with Gasteiger partial charge in [-0.15, -0.1) is 0 Å². The van der Waals surface area contributed by atoms with Crippen LogP contribution in [0.25, 0.3) is 49.7 Å². The van der Waals surface area contributed by atoms with Crippen molar-refractivity contribution in [2.24, 2.45) is 0 Å². The zero-order valence-electron chi connectivity index (χ0n) is 46.3. The van der Waals surface area contributed by atoms with E-state index in [0.29, 0.717) is 0 Å². The largest absolute Gasteiger partial charge is 0.376 e. The fourth-order valence-corrected chi connectivity index (χ4v) is 15.5. The summed E-state index contributed by atoms with van der Waals surface area (Å²) in [5.41, 5.74) is 28.0. The van der Waals surface area contributed by atoms with E-state index in [1.165, 1.54) is 162 Å². The van der Waals surface area contributed by atoms with Crippen LogP contribution in [0.5, 0.6) is 0 Å². The van der Waals surface area contributed by atoms with Crippen molar-refractivity contribution in [2.45, 2.75) is 205 Å². The van der Waals surface area contributed by atoms with E-state index in [-0.39, 0.29) is 50.2 Å². The molecular formula is C68H79BN2. The average Bonchev–Trinajstić information content (AvgIpc) is 3.66. The standard InChI is InChI=1S/C68H79BN2/c1-61(2)24-25-62(3,4)47-32-41(22-23-46(47)61)71-56-38-52-48(63(5,6)26-30-67(52,13)14)34-43(56)44-33-42(40-20-18-17-19-21-40)58-45-35-49-51(66(11,12)29-27-64(49,7)8)37-55(45)70-57-39-53-50(65(9,10)28-31-68(53,15)16)36-54(57)69(71)59(44)60(58)70/h17-23,32-39H,24-31H2,1-16H3.